The molecular formula is C28H23N3O3. The first-order chi connectivity index (χ1) is 16.5. The summed E-state index contributed by atoms with van der Waals surface area (Å²) in [7, 11) is 0. The predicted octanol–water partition coefficient (Wildman–Crippen LogP) is 4.92. The summed E-state index contributed by atoms with van der Waals surface area (Å²) in [5.74, 6) is -1.34. The van der Waals surface area contributed by atoms with E-state index in [1.54, 1.807) is 18.2 Å². The Morgan fingerprint density at radius 3 is 2.26 bits per heavy atom. The Bertz CT molecular complexity index is 1430. The monoisotopic (exact) mass is 449 g/mol. The first kappa shape index (κ1) is 21.4. The fourth-order valence-corrected chi connectivity index (χ4v) is 4.23. The van der Waals surface area contributed by atoms with Crippen molar-refractivity contribution >= 4 is 40.5 Å². The Kier molecular flexibility index (Phi) is 5.55. The number of benzene rings is 3. The van der Waals surface area contributed by atoms with Crippen LogP contribution in [0.25, 0.3) is 17.0 Å². The van der Waals surface area contributed by atoms with E-state index in [1.165, 1.54) is 0 Å². The van der Waals surface area contributed by atoms with E-state index in [9.17, 15) is 14.4 Å². The SMILES string of the molecule is CCc1ccc(N2C(=O)NC(=O)/C(=C\c3cn(Cc4ccccc4)c4ccccc34)C2=O)cc1. The van der Waals surface area contributed by atoms with Crippen molar-refractivity contribution < 1.29 is 14.4 Å². The zero-order valence-corrected chi connectivity index (χ0v) is 18.7. The lowest BCUT2D eigenvalue weighted by atomic mass is 10.1. The minimum atomic E-state index is -0.747. The molecule has 1 saturated heterocycles. The van der Waals surface area contributed by atoms with Gasteiger partial charge < -0.3 is 4.57 Å². The maximum absolute atomic E-state index is 13.3. The molecule has 1 fully saturated rings. The zero-order valence-electron chi connectivity index (χ0n) is 18.7. The Labute approximate surface area is 197 Å². The van der Waals surface area contributed by atoms with E-state index in [1.807, 2.05) is 67.7 Å². The topological polar surface area (TPSA) is 71.4 Å². The Balaban J connectivity index is 1.55. The van der Waals surface area contributed by atoms with E-state index < -0.39 is 17.8 Å². The summed E-state index contributed by atoms with van der Waals surface area (Å²) in [6.07, 6.45) is 4.35. The third kappa shape index (κ3) is 3.90. The molecule has 34 heavy (non-hydrogen) atoms. The molecule has 3 aromatic carbocycles. The van der Waals surface area contributed by atoms with E-state index in [2.05, 4.69) is 22.0 Å². The second kappa shape index (κ2) is 8.83. The van der Waals surface area contributed by atoms with Crippen molar-refractivity contribution in [1.29, 1.82) is 0 Å². The molecule has 6 nitrogen and oxygen atoms in total. The van der Waals surface area contributed by atoms with Gasteiger partial charge in [-0.1, -0.05) is 67.6 Å². The second-order valence-corrected chi connectivity index (χ2v) is 8.19. The number of amides is 4. The Morgan fingerprint density at radius 1 is 0.824 bits per heavy atom. The van der Waals surface area contributed by atoms with E-state index in [0.29, 0.717) is 12.2 Å². The van der Waals surface area contributed by atoms with E-state index >= 15 is 0 Å². The number of nitrogens with one attached hydrogen (secondary N) is 1. The van der Waals surface area contributed by atoms with Crippen molar-refractivity contribution in [2.45, 2.75) is 19.9 Å². The Morgan fingerprint density at radius 2 is 1.53 bits per heavy atom. The summed E-state index contributed by atoms with van der Waals surface area (Å²) >= 11 is 0. The highest BCUT2D eigenvalue weighted by molar-refractivity contribution is 6.39. The van der Waals surface area contributed by atoms with Crippen molar-refractivity contribution in [2.75, 3.05) is 4.90 Å². The molecule has 6 heteroatoms. The molecule has 0 unspecified atom stereocenters. The minimum absolute atomic E-state index is 0.0817. The smallest absolute Gasteiger partial charge is 0.335 e. The van der Waals surface area contributed by atoms with Gasteiger partial charge in [-0.2, -0.15) is 0 Å². The van der Waals surface area contributed by atoms with Crippen molar-refractivity contribution in [1.82, 2.24) is 9.88 Å². The maximum atomic E-state index is 13.3. The molecule has 1 aliphatic rings. The molecular weight excluding hydrogens is 426 g/mol. The standard InChI is InChI=1S/C28H23N3O3/c1-2-19-12-14-22(15-13-19)31-27(33)24(26(32)29-28(31)34)16-21-18-30(17-20-8-4-3-5-9-20)25-11-7-6-10-23(21)25/h3-16,18H,2,17H2,1H3,(H,29,32,34)/b24-16+. The molecule has 168 valence electrons. The highest BCUT2D eigenvalue weighted by atomic mass is 16.2. The number of para-hydroxylation sites is 1. The van der Waals surface area contributed by atoms with Gasteiger partial charge in [-0.25, -0.2) is 9.69 Å². The van der Waals surface area contributed by atoms with Crippen LogP contribution in [0, 0.1) is 0 Å². The zero-order chi connectivity index (χ0) is 23.7. The van der Waals surface area contributed by atoms with Gasteiger partial charge in [-0.3, -0.25) is 14.9 Å². The number of imide groups is 2. The predicted molar refractivity (Wildman–Crippen MR) is 132 cm³/mol. The molecule has 4 amide bonds. The first-order valence-electron chi connectivity index (χ1n) is 11.2. The lowest BCUT2D eigenvalue weighted by Crippen LogP contribution is -2.54. The number of carbonyl (C=O) groups is 3. The molecule has 1 N–H and O–H groups in total. The molecule has 1 aromatic heterocycles. The molecule has 0 radical (unpaired) electrons. The molecule has 5 rings (SSSR count). The molecule has 4 aromatic rings. The number of aryl methyl sites for hydroxylation is 1. The molecule has 0 spiro atoms. The van der Waals surface area contributed by atoms with Crippen molar-refractivity contribution in [3.8, 4) is 0 Å². The fraction of sp³-hybridized carbons (Fsp3) is 0.107. The van der Waals surface area contributed by atoms with Crippen LogP contribution in [0.4, 0.5) is 10.5 Å². The molecule has 0 bridgehead atoms. The lowest BCUT2D eigenvalue weighted by Gasteiger charge is -2.26. The van der Waals surface area contributed by atoms with Crippen LogP contribution < -0.4 is 10.2 Å². The highest BCUT2D eigenvalue weighted by Crippen LogP contribution is 2.27. The van der Waals surface area contributed by atoms with Crippen LogP contribution in [-0.2, 0) is 22.6 Å². The van der Waals surface area contributed by atoms with E-state index in [0.717, 1.165) is 38.9 Å². The number of rotatable bonds is 5. The summed E-state index contributed by atoms with van der Waals surface area (Å²) in [6, 6.07) is 24.3. The van der Waals surface area contributed by atoms with Crippen LogP contribution in [0.2, 0.25) is 0 Å². The Hall–Kier alpha value is -4.45. The van der Waals surface area contributed by atoms with Gasteiger partial charge in [0.15, 0.2) is 0 Å². The van der Waals surface area contributed by atoms with Crippen LogP contribution >= 0.6 is 0 Å². The lowest BCUT2D eigenvalue weighted by molar-refractivity contribution is -0.122. The van der Waals surface area contributed by atoms with E-state index in [4.69, 9.17) is 0 Å². The molecule has 0 aliphatic carbocycles. The van der Waals surface area contributed by atoms with Gasteiger partial charge in [-0.15, -0.1) is 0 Å². The number of anilines is 1. The number of urea groups is 1. The van der Waals surface area contributed by atoms with Crippen molar-refractivity contribution in [2.24, 2.45) is 0 Å². The summed E-state index contributed by atoms with van der Waals surface area (Å²) < 4.78 is 2.09. The van der Waals surface area contributed by atoms with Gasteiger partial charge in [0.1, 0.15) is 5.57 Å². The van der Waals surface area contributed by atoms with Crippen molar-refractivity contribution in [3.05, 3.63) is 107 Å². The normalized spacial score (nSPS) is 15.3. The third-order valence-electron chi connectivity index (χ3n) is 6.02. The summed E-state index contributed by atoms with van der Waals surface area (Å²) in [4.78, 5) is 39.5. The van der Waals surface area contributed by atoms with Crippen LogP contribution in [0.15, 0.2) is 90.6 Å². The average Bonchev–Trinajstić information content (AvgIpc) is 3.20. The minimum Gasteiger partial charge on any atom is -0.342 e. The number of hydrogen-bond donors (Lipinski definition) is 1. The number of barbiturate groups is 1. The largest absolute Gasteiger partial charge is 0.342 e. The quantitative estimate of drug-likeness (QED) is 0.347. The number of nitrogens with zero attached hydrogens (tertiary/aromatic N) is 2. The van der Waals surface area contributed by atoms with Gasteiger partial charge >= 0.3 is 6.03 Å². The van der Waals surface area contributed by atoms with Gasteiger partial charge in [-0.05, 0) is 41.8 Å². The molecule has 1 aliphatic heterocycles. The first-order valence-corrected chi connectivity index (χ1v) is 11.2. The van der Waals surface area contributed by atoms with Crippen LogP contribution in [-0.4, -0.2) is 22.4 Å². The maximum Gasteiger partial charge on any atom is 0.335 e. The van der Waals surface area contributed by atoms with E-state index in [-0.39, 0.29) is 5.57 Å². The van der Waals surface area contributed by atoms with Gasteiger partial charge in [0.2, 0.25) is 0 Å². The van der Waals surface area contributed by atoms with Crippen LogP contribution in [0.3, 0.4) is 0 Å². The second-order valence-electron chi connectivity index (χ2n) is 8.19. The van der Waals surface area contributed by atoms with Gasteiger partial charge in [0.25, 0.3) is 11.8 Å². The molecule has 0 saturated carbocycles. The van der Waals surface area contributed by atoms with Crippen LogP contribution in [0.1, 0.15) is 23.6 Å². The van der Waals surface area contributed by atoms with Gasteiger partial charge in [0.05, 0.1) is 5.69 Å². The summed E-state index contributed by atoms with van der Waals surface area (Å²) in [6.45, 7) is 2.68. The number of fused-ring (bicyclic) bond motifs is 1. The fourth-order valence-electron chi connectivity index (χ4n) is 4.23. The summed E-state index contributed by atoms with van der Waals surface area (Å²) in [5, 5.41) is 3.22. The molecule has 0 atom stereocenters. The number of carbonyl (C=O) groups excluding carboxylic acids is 3. The van der Waals surface area contributed by atoms with Crippen molar-refractivity contribution in [3.63, 3.8) is 0 Å². The van der Waals surface area contributed by atoms with Gasteiger partial charge in [0, 0.05) is 29.2 Å². The average molecular weight is 450 g/mol. The summed E-state index contributed by atoms with van der Waals surface area (Å²) in [5.41, 5.74) is 4.30. The van der Waals surface area contributed by atoms with Crippen LogP contribution in [0.5, 0.6) is 0 Å². The number of hydrogen-bond acceptors (Lipinski definition) is 3. The molecule has 2 heterocycles. The highest BCUT2D eigenvalue weighted by Gasteiger charge is 2.37. The third-order valence-corrected chi connectivity index (χ3v) is 6.02. The number of aromatic nitrogens is 1.